The van der Waals surface area contributed by atoms with Gasteiger partial charge in [-0.05, 0) is 12.0 Å². The monoisotopic (exact) mass is 256 g/mol. The molecule has 1 aromatic carbocycles. The van der Waals surface area contributed by atoms with E-state index in [9.17, 15) is 0 Å². The molecule has 0 N–H and O–H groups in total. The molecular weight excluding hydrogens is 240 g/mol. The Morgan fingerprint density at radius 3 is 2.64 bits per heavy atom. The smallest absolute Gasteiger partial charge is 0.112 e. The van der Waals surface area contributed by atoms with Crippen LogP contribution in [0, 0.1) is 0 Å². The Hall–Kier alpha value is -0.340. The minimum Gasteiger partial charge on any atom is -0.362 e. The quantitative estimate of drug-likeness (QED) is 0.697. The van der Waals surface area contributed by atoms with Gasteiger partial charge in [0.25, 0.3) is 0 Å². The predicted octanol–water partition coefficient (Wildman–Crippen LogP) is 4.11. The first-order valence-corrected chi connectivity index (χ1v) is 6.04. The van der Waals surface area contributed by atoms with Crippen LogP contribution in [0.25, 0.3) is 0 Å². The molecule has 14 heavy (non-hydrogen) atoms. The first kappa shape index (κ1) is 11.7. The van der Waals surface area contributed by atoms with Crippen molar-refractivity contribution < 1.29 is 4.74 Å². The first-order chi connectivity index (χ1) is 6.83. The van der Waals surface area contributed by atoms with Crippen LogP contribution in [-0.2, 0) is 11.3 Å². The minimum absolute atomic E-state index is 0.197. The zero-order valence-electron chi connectivity index (χ0n) is 8.58. The molecule has 0 saturated carbocycles. The number of unbranched alkanes of at least 4 members (excludes halogenated alkanes) is 1. The Morgan fingerprint density at radius 2 is 2.00 bits per heavy atom. The SMILES string of the molecule is CCCCC(Br)OCc1ccccc1. The van der Waals surface area contributed by atoms with Gasteiger partial charge in [-0.2, -0.15) is 0 Å². The molecule has 0 amide bonds. The highest BCUT2D eigenvalue weighted by atomic mass is 79.9. The second kappa shape index (κ2) is 7.02. The van der Waals surface area contributed by atoms with E-state index < -0.39 is 0 Å². The average Bonchev–Trinajstić information content (AvgIpc) is 2.25. The Bertz CT molecular complexity index is 235. The summed E-state index contributed by atoms with van der Waals surface area (Å²) in [5.74, 6) is 0. The van der Waals surface area contributed by atoms with E-state index >= 15 is 0 Å². The van der Waals surface area contributed by atoms with Crippen LogP contribution in [0.5, 0.6) is 0 Å². The van der Waals surface area contributed by atoms with Crippen molar-refractivity contribution in [2.75, 3.05) is 0 Å². The first-order valence-electron chi connectivity index (χ1n) is 5.12. The number of ether oxygens (including phenoxy) is 1. The van der Waals surface area contributed by atoms with Gasteiger partial charge in [-0.15, -0.1) is 0 Å². The van der Waals surface area contributed by atoms with Gasteiger partial charge in [0.1, 0.15) is 5.01 Å². The zero-order valence-corrected chi connectivity index (χ0v) is 10.2. The molecule has 0 aliphatic carbocycles. The van der Waals surface area contributed by atoms with E-state index in [-0.39, 0.29) is 5.01 Å². The Balaban J connectivity index is 2.20. The van der Waals surface area contributed by atoms with Crippen LogP contribution in [0.4, 0.5) is 0 Å². The summed E-state index contributed by atoms with van der Waals surface area (Å²) in [6.07, 6.45) is 3.52. The number of hydrogen-bond donors (Lipinski definition) is 0. The van der Waals surface area contributed by atoms with Crippen molar-refractivity contribution in [3.8, 4) is 0 Å². The fraction of sp³-hybridized carbons (Fsp3) is 0.500. The maximum atomic E-state index is 5.65. The van der Waals surface area contributed by atoms with Crippen molar-refractivity contribution in [3.05, 3.63) is 35.9 Å². The molecule has 0 saturated heterocycles. The Kier molecular flexibility index (Phi) is 5.88. The molecule has 1 nitrogen and oxygen atoms in total. The number of rotatable bonds is 6. The van der Waals surface area contributed by atoms with Crippen LogP contribution in [0.2, 0.25) is 0 Å². The molecule has 0 aliphatic heterocycles. The molecule has 0 bridgehead atoms. The fourth-order valence-corrected chi connectivity index (χ4v) is 1.66. The highest BCUT2D eigenvalue weighted by molar-refractivity contribution is 9.09. The van der Waals surface area contributed by atoms with Crippen LogP contribution in [-0.4, -0.2) is 5.01 Å². The Morgan fingerprint density at radius 1 is 1.29 bits per heavy atom. The van der Waals surface area contributed by atoms with Gasteiger partial charge in [-0.1, -0.05) is 66.0 Å². The lowest BCUT2D eigenvalue weighted by Gasteiger charge is -2.10. The number of alkyl halides is 1. The molecule has 0 fully saturated rings. The molecule has 1 rings (SSSR count). The highest BCUT2D eigenvalue weighted by Gasteiger charge is 2.02. The molecule has 78 valence electrons. The van der Waals surface area contributed by atoms with E-state index in [0.717, 1.165) is 6.42 Å². The van der Waals surface area contributed by atoms with Crippen molar-refractivity contribution in [1.29, 1.82) is 0 Å². The van der Waals surface area contributed by atoms with Crippen LogP contribution in [0.1, 0.15) is 31.7 Å². The summed E-state index contributed by atoms with van der Waals surface area (Å²) in [5, 5.41) is 0.197. The van der Waals surface area contributed by atoms with Crippen LogP contribution >= 0.6 is 15.9 Å². The van der Waals surface area contributed by atoms with Gasteiger partial charge in [0.2, 0.25) is 0 Å². The van der Waals surface area contributed by atoms with Gasteiger partial charge in [0.05, 0.1) is 6.61 Å². The second-order valence-electron chi connectivity index (χ2n) is 3.35. The summed E-state index contributed by atoms with van der Waals surface area (Å²) in [6, 6.07) is 10.3. The van der Waals surface area contributed by atoms with Gasteiger partial charge in [-0.3, -0.25) is 0 Å². The summed E-state index contributed by atoms with van der Waals surface area (Å²) >= 11 is 3.51. The molecule has 1 unspecified atom stereocenters. The van der Waals surface area contributed by atoms with Crippen molar-refractivity contribution in [2.24, 2.45) is 0 Å². The van der Waals surface area contributed by atoms with Gasteiger partial charge in [0.15, 0.2) is 0 Å². The third-order valence-corrected chi connectivity index (χ3v) is 2.78. The number of halogens is 1. The zero-order chi connectivity index (χ0) is 10.2. The average molecular weight is 257 g/mol. The predicted molar refractivity (Wildman–Crippen MR) is 63.5 cm³/mol. The van der Waals surface area contributed by atoms with Crippen LogP contribution in [0.15, 0.2) is 30.3 Å². The van der Waals surface area contributed by atoms with Crippen molar-refractivity contribution in [1.82, 2.24) is 0 Å². The molecule has 0 aromatic heterocycles. The van der Waals surface area contributed by atoms with Gasteiger partial charge < -0.3 is 4.74 Å². The van der Waals surface area contributed by atoms with Crippen LogP contribution in [0.3, 0.4) is 0 Å². The standard InChI is InChI=1S/C12H17BrO/c1-2-3-9-12(13)14-10-11-7-5-4-6-8-11/h4-8,12H,2-3,9-10H2,1H3. The summed E-state index contributed by atoms with van der Waals surface area (Å²) < 4.78 is 5.65. The third-order valence-electron chi connectivity index (χ3n) is 2.06. The minimum atomic E-state index is 0.197. The fourth-order valence-electron chi connectivity index (χ4n) is 1.21. The maximum Gasteiger partial charge on any atom is 0.112 e. The summed E-state index contributed by atoms with van der Waals surface area (Å²) in [5.41, 5.74) is 1.23. The lowest BCUT2D eigenvalue weighted by molar-refractivity contribution is 0.0967. The molecule has 0 aliphatic rings. The molecule has 0 radical (unpaired) electrons. The summed E-state index contributed by atoms with van der Waals surface area (Å²) in [4.78, 5) is 0. The van der Waals surface area contributed by atoms with E-state index in [0.29, 0.717) is 6.61 Å². The van der Waals surface area contributed by atoms with E-state index in [1.807, 2.05) is 18.2 Å². The van der Waals surface area contributed by atoms with Crippen molar-refractivity contribution >= 4 is 15.9 Å². The van der Waals surface area contributed by atoms with E-state index in [1.54, 1.807) is 0 Å². The van der Waals surface area contributed by atoms with Crippen LogP contribution < -0.4 is 0 Å². The van der Waals surface area contributed by atoms with E-state index in [1.165, 1.54) is 18.4 Å². The molecule has 2 heteroatoms. The largest absolute Gasteiger partial charge is 0.362 e. The third kappa shape index (κ3) is 4.77. The molecular formula is C12H17BrO. The molecule has 0 spiro atoms. The van der Waals surface area contributed by atoms with E-state index in [2.05, 4.69) is 35.0 Å². The lowest BCUT2D eigenvalue weighted by atomic mass is 10.2. The van der Waals surface area contributed by atoms with Crippen molar-refractivity contribution in [2.45, 2.75) is 37.8 Å². The summed E-state index contributed by atoms with van der Waals surface area (Å²) in [6.45, 7) is 2.89. The van der Waals surface area contributed by atoms with Gasteiger partial charge >= 0.3 is 0 Å². The summed E-state index contributed by atoms with van der Waals surface area (Å²) in [7, 11) is 0. The highest BCUT2D eigenvalue weighted by Crippen LogP contribution is 2.13. The molecule has 0 heterocycles. The lowest BCUT2D eigenvalue weighted by Crippen LogP contribution is -2.04. The number of hydrogen-bond acceptors (Lipinski definition) is 1. The molecule has 1 atom stereocenters. The molecule has 1 aromatic rings. The van der Waals surface area contributed by atoms with Gasteiger partial charge in [-0.25, -0.2) is 0 Å². The Labute approximate surface area is 94.6 Å². The number of benzene rings is 1. The van der Waals surface area contributed by atoms with Crippen molar-refractivity contribution in [3.63, 3.8) is 0 Å². The normalized spacial score (nSPS) is 12.7. The topological polar surface area (TPSA) is 9.23 Å². The maximum absolute atomic E-state index is 5.65. The van der Waals surface area contributed by atoms with E-state index in [4.69, 9.17) is 4.74 Å². The van der Waals surface area contributed by atoms with Gasteiger partial charge in [0, 0.05) is 0 Å². The second-order valence-corrected chi connectivity index (χ2v) is 4.37.